The molecular formula is C18H10BClO2. The highest BCUT2D eigenvalue weighted by Crippen LogP contribution is 2.36. The van der Waals surface area contributed by atoms with Gasteiger partial charge >= 0.3 is 0 Å². The fourth-order valence-corrected chi connectivity index (χ4v) is 3.56. The minimum atomic E-state index is 0.122. The maximum absolute atomic E-state index is 6.23. The molecule has 0 atom stereocenters. The maximum Gasteiger partial charge on any atom is 0.260 e. The molecule has 2 aliphatic heterocycles. The van der Waals surface area contributed by atoms with Crippen molar-refractivity contribution < 1.29 is 9.47 Å². The summed E-state index contributed by atoms with van der Waals surface area (Å²) in [6.45, 7) is 0.122. The monoisotopic (exact) mass is 304 g/mol. The molecule has 0 aliphatic carbocycles. The molecule has 0 saturated heterocycles. The van der Waals surface area contributed by atoms with Gasteiger partial charge in [0.05, 0.1) is 0 Å². The molecule has 0 bridgehead atoms. The molecular weight excluding hydrogens is 294 g/mol. The number of ether oxygens (including phenoxy) is 2. The summed E-state index contributed by atoms with van der Waals surface area (Å²) in [5, 5.41) is 0.617. The van der Waals surface area contributed by atoms with Gasteiger partial charge in [0, 0.05) is 10.5 Å². The van der Waals surface area contributed by atoms with Crippen molar-refractivity contribution in [2.75, 3.05) is 0 Å². The molecule has 2 nitrogen and oxygen atoms in total. The molecule has 3 aromatic carbocycles. The zero-order valence-electron chi connectivity index (χ0n) is 11.5. The normalized spacial score (nSPS) is 13.4. The van der Waals surface area contributed by atoms with E-state index in [1.165, 1.54) is 0 Å². The van der Waals surface area contributed by atoms with Crippen LogP contribution in [0.15, 0.2) is 60.7 Å². The van der Waals surface area contributed by atoms with Crippen LogP contribution in [-0.2, 0) is 0 Å². The smallest absolute Gasteiger partial charge is 0.260 e. The van der Waals surface area contributed by atoms with E-state index in [0.29, 0.717) is 5.02 Å². The van der Waals surface area contributed by atoms with Crippen LogP contribution in [-0.4, -0.2) is 6.71 Å². The zero-order chi connectivity index (χ0) is 14.7. The summed E-state index contributed by atoms with van der Waals surface area (Å²) in [5.41, 5.74) is 3.38. The first-order valence-electron chi connectivity index (χ1n) is 7.18. The van der Waals surface area contributed by atoms with Gasteiger partial charge in [-0.2, -0.15) is 0 Å². The van der Waals surface area contributed by atoms with Gasteiger partial charge in [0.2, 0.25) is 0 Å². The van der Waals surface area contributed by atoms with Crippen LogP contribution in [0.1, 0.15) is 0 Å². The molecule has 104 valence electrons. The Kier molecular flexibility index (Phi) is 2.39. The van der Waals surface area contributed by atoms with Gasteiger partial charge in [-0.15, -0.1) is 0 Å². The van der Waals surface area contributed by atoms with E-state index < -0.39 is 0 Å². The van der Waals surface area contributed by atoms with Gasteiger partial charge in [0.1, 0.15) is 23.0 Å². The van der Waals surface area contributed by atoms with Crippen molar-refractivity contribution in [3.8, 4) is 23.0 Å². The largest absolute Gasteiger partial charge is 0.458 e. The molecule has 0 aromatic heterocycles. The summed E-state index contributed by atoms with van der Waals surface area (Å²) < 4.78 is 12.1. The minimum absolute atomic E-state index is 0.122. The predicted molar refractivity (Wildman–Crippen MR) is 89.1 cm³/mol. The zero-order valence-corrected chi connectivity index (χ0v) is 12.3. The molecule has 0 spiro atoms. The molecule has 0 amide bonds. The van der Waals surface area contributed by atoms with Crippen molar-refractivity contribution in [1.29, 1.82) is 0 Å². The summed E-state index contributed by atoms with van der Waals surface area (Å²) in [5.74, 6) is 3.32. The number of halogens is 1. The lowest BCUT2D eigenvalue weighted by Gasteiger charge is -2.32. The second-order valence-electron chi connectivity index (χ2n) is 5.53. The summed E-state index contributed by atoms with van der Waals surface area (Å²) in [4.78, 5) is 0. The molecule has 0 unspecified atom stereocenters. The summed E-state index contributed by atoms with van der Waals surface area (Å²) in [6, 6.07) is 20.0. The number of hydrogen-bond acceptors (Lipinski definition) is 2. The fourth-order valence-electron chi connectivity index (χ4n) is 3.36. The van der Waals surface area contributed by atoms with Crippen LogP contribution < -0.4 is 25.9 Å². The molecule has 0 N–H and O–H groups in total. The van der Waals surface area contributed by atoms with Crippen molar-refractivity contribution in [2.45, 2.75) is 0 Å². The maximum atomic E-state index is 6.23. The van der Waals surface area contributed by atoms with Gasteiger partial charge in [-0.25, -0.2) is 0 Å². The number of benzene rings is 3. The molecule has 5 rings (SSSR count). The second-order valence-corrected chi connectivity index (χ2v) is 5.96. The van der Waals surface area contributed by atoms with Gasteiger partial charge in [-0.1, -0.05) is 48.0 Å². The fraction of sp³-hybridized carbons (Fsp3) is 0. The van der Waals surface area contributed by atoms with E-state index in [9.17, 15) is 0 Å². The van der Waals surface area contributed by atoms with Gasteiger partial charge in [0.25, 0.3) is 6.71 Å². The quantitative estimate of drug-likeness (QED) is 0.409. The van der Waals surface area contributed by atoms with Gasteiger partial charge < -0.3 is 9.47 Å². The first-order chi connectivity index (χ1) is 10.8. The number of para-hydroxylation sites is 2. The summed E-state index contributed by atoms with van der Waals surface area (Å²) >= 11 is 6.23. The Morgan fingerprint density at radius 1 is 0.682 bits per heavy atom. The van der Waals surface area contributed by atoms with Crippen LogP contribution in [0.5, 0.6) is 23.0 Å². The van der Waals surface area contributed by atoms with E-state index in [4.69, 9.17) is 21.1 Å². The van der Waals surface area contributed by atoms with E-state index in [1.54, 1.807) is 0 Å². The lowest BCUT2D eigenvalue weighted by molar-refractivity contribution is 0.464. The summed E-state index contributed by atoms with van der Waals surface area (Å²) in [6.07, 6.45) is 0. The first kappa shape index (κ1) is 12.2. The van der Waals surface area contributed by atoms with Gasteiger partial charge in [-0.3, -0.25) is 0 Å². The Bertz CT molecular complexity index is 852. The van der Waals surface area contributed by atoms with E-state index in [0.717, 1.165) is 39.4 Å². The van der Waals surface area contributed by atoms with Crippen LogP contribution in [0.25, 0.3) is 0 Å². The van der Waals surface area contributed by atoms with Crippen LogP contribution in [0, 0.1) is 0 Å². The number of rotatable bonds is 0. The Hall–Kier alpha value is -2.39. The van der Waals surface area contributed by atoms with E-state index >= 15 is 0 Å². The van der Waals surface area contributed by atoms with Crippen LogP contribution in [0.4, 0.5) is 0 Å². The van der Waals surface area contributed by atoms with Crippen LogP contribution >= 0.6 is 11.6 Å². The Morgan fingerprint density at radius 3 is 1.73 bits per heavy atom. The Morgan fingerprint density at radius 2 is 1.18 bits per heavy atom. The van der Waals surface area contributed by atoms with Crippen molar-refractivity contribution in [2.24, 2.45) is 0 Å². The third kappa shape index (κ3) is 1.57. The molecule has 2 heterocycles. The van der Waals surface area contributed by atoms with E-state index in [1.807, 2.05) is 48.5 Å². The third-order valence-electron chi connectivity index (χ3n) is 4.26. The predicted octanol–water partition coefficient (Wildman–Crippen LogP) is 3.07. The SMILES string of the molecule is Clc1cc2c3c(c1)Oc1ccccc1B3c1ccccc1O2. The molecule has 0 saturated carbocycles. The van der Waals surface area contributed by atoms with Crippen molar-refractivity contribution in [1.82, 2.24) is 0 Å². The standard InChI is InChI=1S/C18H10BClO2/c20-11-9-16-18-17(10-11)22-15-8-4-2-6-13(15)19(18)12-5-1-3-7-14(12)21-16/h1-10H. The Balaban J connectivity index is 1.88. The topological polar surface area (TPSA) is 18.5 Å². The van der Waals surface area contributed by atoms with Gasteiger partial charge in [0.15, 0.2) is 0 Å². The van der Waals surface area contributed by atoms with Crippen LogP contribution in [0.3, 0.4) is 0 Å². The molecule has 0 fully saturated rings. The molecule has 4 heteroatoms. The Labute approximate surface area is 133 Å². The van der Waals surface area contributed by atoms with E-state index in [-0.39, 0.29) is 6.71 Å². The van der Waals surface area contributed by atoms with E-state index in [2.05, 4.69) is 12.1 Å². The third-order valence-corrected chi connectivity index (χ3v) is 4.48. The first-order valence-corrected chi connectivity index (χ1v) is 7.56. The average molecular weight is 305 g/mol. The highest BCUT2D eigenvalue weighted by atomic mass is 35.5. The van der Waals surface area contributed by atoms with Crippen molar-refractivity contribution in [3.05, 3.63) is 65.7 Å². The lowest BCUT2D eigenvalue weighted by atomic mass is 9.35. The molecule has 3 aromatic rings. The number of fused-ring (bicyclic) bond motifs is 4. The van der Waals surface area contributed by atoms with Crippen molar-refractivity contribution >= 4 is 34.7 Å². The van der Waals surface area contributed by atoms with Crippen molar-refractivity contribution in [3.63, 3.8) is 0 Å². The number of hydrogen-bond donors (Lipinski definition) is 0. The average Bonchev–Trinajstić information content (AvgIpc) is 2.54. The molecule has 22 heavy (non-hydrogen) atoms. The highest BCUT2D eigenvalue weighted by molar-refractivity contribution is 6.98. The van der Waals surface area contributed by atoms with Crippen LogP contribution in [0.2, 0.25) is 5.02 Å². The lowest BCUT2D eigenvalue weighted by Crippen LogP contribution is -2.57. The molecule has 0 radical (unpaired) electrons. The highest BCUT2D eigenvalue weighted by Gasteiger charge is 2.39. The summed E-state index contributed by atoms with van der Waals surface area (Å²) in [7, 11) is 0. The molecule has 2 aliphatic rings. The van der Waals surface area contributed by atoms with Gasteiger partial charge in [-0.05, 0) is 35.2 Å². The second kappa shape index (κ2) is 4.31. The minimum Gasteiger partial charge on any atom is -0.458 e.